The van der Waals surface area contributed by atoms with Gasteiger partial charge in [0.25, 0.3) is 0 Å². The lowest BCUT2D eigenvalue weighted by Crippen LogP contribution is -2.16. The van der Waals surface area contributed by atoms with Gasteiger partial charge in [0.1, 0.15) is 11.5 Å². The summed E-state index contributed by atoms with van der Waals surface area (Å²) in [7, 11) is 0. The third kappa shape index (κ3) is 8.23. The second-order valence-corrected chi connectivity index (χ2v) is 12.1. The lowest BCUT2D eigenvalue weighted by atomic mass is 9.93. The number of phenolic OH excluding ortho intramolecular Hbond substituents is 1. The van der Waals surface area contributed by atoms with Crippen LogP contribution < -0.4 is 4.74 Å². The number of rotatable bonds is 6. The van der Waals surface area contributed by atoms with Crippen molar-refractivity contribution in [1.29, 1.82) is 0 Å². The van der Waals surface area contributed by atoms with Crippen LogP contribution in [0.2, 0.25) is 0 Å². The maximum atomic E-state index is 11.3. The van der Waals surface area contributed by atoms with Crippen molar-refractivity contribution in [2.75, 3.05) is 0 Å². The number of benzene rings is 4. The molecule has 4 nitrogen and oxygen atoms in total. The monoisotopic (exact) mass is 568 g/mol. The zero-order valence-corrected chi connectivity index (χ0v) is 26.5. The maximum absolute atomic E-state index is 11.3. The summed E-state index contributed by atoms with van der Waals surface area (Å²) in [5.41, 5.74) is 4.66. The zero-order valence-electron chi connectivity index (χ0n) is 26.5. The molecule has 0 saturated heterocycles. The van der Waals surface area contributed by atoms with E-state index >= 15 is 0 Å². The average Bonchev–Trinajstić information content (AvgIpc) is 3.24. The molecule has 0 fully saturated rings. The van der Waals surface area contributed by atoms with Crippen molar-refractivity contribution in [3.05, 3.63) is 107 Å². The van der Waals surface area contributed by atoms with Crippen LogP contribution in [0.15, 0.2) is 84.9 Å². The molecule has 5 rings (SSSR count). The summed E-state index contributed by atoms with van der Waals surface area (Å²) in [4.78, 5) is 11.3. The Morgan fingerprint density at radius 2 is 1.33 bits per heavy atom. The molecule has 4 atom stereocenters. The Balaban J connectivity index is 0.000000173. The Morgan fingerprint density at radius 3 is 1.79 bits per heavy atom. The molecule has 0 saturated carbocycles. The first-order valence-corrected chi connectivity index (χ1v) is 15.2. The Bertz CT molecular complexity index is 1390. The second-order valence-electron chi connectivity index (χ2n) is 12.1. The van der Waals surface area contributed by atoms with E-state index in [4.69, 9.17) is 9.84 Å². The molecule has 0 radical (unpaired) electrons. The molecular formula is C38H48O4. The molecule has 0 aromatic heterocycles. The SMILES string of the molecule is CC1c2cccc3cccc(c23)C1C.CCC(C)C(=O)Oc1ccc(O)cc1.CCC(C)c1ccc(C(C)(C)O)cc1. The lowest BCUT2D eigenvalue weighted by molar-refractivity contribution is -0.138. The predicted molar refractivity (Wildman–Crippen MR) is 174 cm³/mol. The van der Waals surface area contributed by atoms with Gasteiger partial charge in [0.15, 0.2) is 0 Å². The van der Waals surface area contributed by atoms with Crippen LogP contribution in [0, 0.1) is 5.92 Å². The summed E-state index contributed by atoms with van der Waals surface area (Å²) in [6.45, 7) is 16.5. The molecule has 4 aromatic carbocycles. The van der Waals surface area contributed by atoms with Crippen LogP contribution in [-0.4, -0.2) is 16.2 Å². The number of carbonyl (C=O) groups is 1. The number of aliphatic hydroxyl groups is 1. The molecule has 1 aliphatic rings. The molecule has 0 heterocycles. The van der Waals surface area contributed by atoms with Gasteiger partial charge in [0, 0.05) is 0 Å². The molecular weight excluding hydrogens is 520 g/mol. The second kappa shape index (κ2) is 14.5. The molecule has 2 N–H and O–H groups in total. The van der Waals surface area contributed by atoms with Crippen LogP contribution in [-0.2, 0) is 10.4 Å². The molecule has 4 unspecified atom stereocenters. The molecule has 42 heavy (non-hydrogen) atoms. The smallest absolute Gasteiger partial charge is 0.314 e. The minimum atomic E-state index is -0.728. The fourth-order valence-corrected chi connectivity index (χ4v) is 5.05. The van der Waals surface area contributed by atoms with Gasteiger partial charge >= 0.3 is 5.97 Å². The molecule has 0 amide bonds. The van der Waals surface area contributed by atoms with E-state index in [0.717, 1.165) is 18.4 Å². The zero-order chi connectivity index (χ0) is 31.0. The highest BCUT2D eigenvalue weighted by Crippen LogP contribution is 2.45. The van der Waals surface area contributed by atoms with Gasteiger partial charge in [-0.1, -0.05) is 102 Å². The summed E-state index contributed by atoms with van der Waals surface area (Å²) in [6.07, 6.45) is 1.92. The maximum Gasteiger partial charge on any atom is 0.314 e. The van der Waals surface area contributed by atoms with Crippen molar-refractivity contribution in [2.45, 2.75) is 91.6 Å². The number of phenols is 1. The van der Waals surface area contributed by atoms with Crippen LogP contribution in [0.4, 0.5) is 0 Å². The van der Waals surface area contributed by atoms with Gasteiger partial charge in [-0.3, -0.25) is 4.79 Å². The van der Waals surface area contributed by atoms with Crippen molar-refractivity contribution < 1.29 is 19.7 Å². The summed E-state index contributed by atoms with van der Waals surface area (Å²) < 4.78 is 5.07. The third-order valence-corrected chi connectivity index (χ3v) is 8.57. The van der Waals surface area contributed by atoms with Gasteiger partial charge in [-0.2, -0.15) is 0 Å². The summed E-state index contributed by atoms with van der Waals surface area (Å²) >= 11 is 0. The topological polar surface area (TPSA) is 66.8 Å². The average molecular weight is 569 g/mol. The largest absolute Gasteiger partial charge is 0.508 e. The molecule has 224 valence electrons. The molecule has 0 spiro atoms. The summed E-state index contributed by atoms with van der Waals surface area (Å²) in [6, 6.07) is 27.7. The van der Waals surface area contributed by atoms with Crippen molar-refractivity contribution in [3.8, 4) is 11.5 Å². The van der Waals surface area contributed by atoms with Crippen LogP contribution in [0.25, 0.3) is 10.8 Å². The molecule has 0 aliphatic heterocycles. The first-order chi connectivity index (χ1) is 19.9. The molecule has 0 bridgehead atoms. The first-order valence-electron chi connectivity index (χ1n) is 15.2. The van der Waals surface area contributed by atoms with Crippen LogP contribution in [0.5, 0.6) is 11.5 Å². The molecule has 1 aliphatic carbocycles. The Morgan fingerprint density at radius 1 is 0.810 bits per heavy atom. The fraction of sp³-hybridized carbons (Fsp3) is 0.395. The minimum absolute atomic E-state index is 0.0937. The number of esters is 1. The molecule has 4 aromatic rings. The van der Waals surface area contributed by atoms with Crippen molar-refractivity contribution in [2.24, 2.45) is 5.92 Å². The minimum Gasteiger partial charge on any atom is -0.508 e. The quantitative estimate of drug-likeness (QED) is 0.179. The Labute approximate surface area is 252 Å². The summed E-state index contributed by atoms with van der Waals surface area (Å²) in [5.74, 6) is 2.25. The van der Waals surface area contributed by atoms with Crippen LogP contribution in [0.3, 0.4) is 0 Å². The number of aromatic hydroxyl groups is 1. The van der Waals surface area contributed by atoms with Gasteiger partial charge in [0.05, 0.1) is 11.5 Å². The van der Waals surface area contributed by atoms with E-state index in [1.165, 1.54) is 39.6 Å². The van der Waals surface area contributed by atoms with Gasteiger partial charge in [-0.05, 0) is 102 Å². The highest BCUT2D eigenvalue weighted by atomic mass is 16.5. The van der Waals surface area contributed by atoms with E-state index in [1.807, 2.05) is 39.8 Å². The number of carbonyl (C=O) groups excluding carboxylic acids is 1. The van der Waals surface area contributed by atoms with E-state index < -0.39 is 5.60 Å². The van der Waals surface area contributed by atoms with Crippen molar-refractivity contribution in [3.63, 3.8) is 0 Å². The van der Waals surface area contributed by atoms with Crippen LogP contribution >= 0.6 is 0 Å². The van der Waals surface area contributed by atoms with E-state index in [-0.39, 0.29) is 17.6 Å². The van der Waals surface area contributed by atoms with E-state index in [9.17, 15) is 9.90 Å². The fourth-order valence-electron chi connectivity index (χ4n) is 5.05. The van der Waals surface area contributed by atoms with Gasteiger partial charge in [0.2, 0.25) is 0 Å². The molecule has 4 heteroatoms. The Kier molecular flexibility index (Phi) is 11.4. The third-order valence-electron chi connectivity index (χ3n) is 8.57. The number of hydrogen-bond donors (Lipinski definition) is 2. The van der Waals surface area contributed by atoms with Crippen molar-refractivity contribution >= 4 is 16.7 Å². The highest BCUT2D eigenvalue weighted by Gasteiger charge is 2.27. The summed E-state index contributed by atoms with van der Waals surface area (Å²) in [5, 5.41) is 21.7. The number of ether oxygens (including phenoxy) is 1. The van der Waals surface area contributed by atoms with E-state index in [1.54, 1.807) is 12.1 Å². The first kappa shape index (κ1) is 32.9. The highest BCUT2D eigenvalue weighted by molar-refractivity contribution is 5.92. The number of hydrogen-bond acceptors (Lipinski definition) is 4. The van der Waals surface area contributed by atoms with Crippen molar-refractivity contribution in [1.82, 2.24) is 0 Å². The van der Waals surface area contributed by atoms with Gasteiger partial charge in [-0.25, -0.2) is 0 Å². The van der Waals surface area contributed by atoms with E-state index in [2.05, 4.69) is 76.2 Å². The van der Waals surface area contributed by atoms with Gasteiger partial charge in [-0.15, -0.1) is 0 Å². The van der Waals surface area contributed by atoms with Gasteiger partial charge < -0.3 is 14.9 Å². The lowest BCUT2D eigenvalue weighted by Gasteiger charge is -2.18. The van der Waals surface area contributed by atoms with Crippen LogP contribution in [0.1, 0.15) is 108 Å². The Hall–Kier alpha value is -3.63. The standard InChI is InChI=1S/C14H14.C13H20O.C11H14O3/c1-9-10(2)13-8-4-6-11-5-3-7-12(9)14(11)13;1-5-10(2)11-6-8-12(9-7-11)13(3,4)14;1-3-8(2)11(13)14-10-6-4-9(12)5-7-10/h3-10H,1-2H3;6-10,14H,5H2,1-4H3;4-8,12H,3H2,1-2H3. The van der Waals surface area contributed by atoms with E-state index in [0.29, 0.717) is 23.5 Å². The normalized spacial score (nSPS) is 16.9. The predicted octanol–water partition coefficient (Wildman–Crippen LogP) is 9.83.